The molecule has 1 aromatic carbocycles. The van der Waals surface area contributed by atoms with Crippen LogP contribution in [0.2, 0.25) is 0 Å². The third kappa shape index (κ3) is 4.16. The van der Waals surface area contributed by atoms with Crippen LogP contribution < -0.4 is 21.3 Å². The number of hydrogen-bond donors (Lipinski definition) is 3. The largest absolute Gasteiger partial charge is 0.369 e. The van der Waals surface area contributed by atoms with Gasteiger partial charge in [-0.25, -0.2) is 4.39 Å². The number of anilines is 2. The van der Waals surface area contributed by atoms with Crippen LogP contribution in [0.4, 0.5) is 15.8 Å². The zero-order chi connectivity index (χ0) is 15.2. The van der Waals surface area contributed by atoms with Crippen LogP contribution in [0.1, 0.15) is 12.8 Å². The summed E-state index contributed by atoms with van der Waals surface area (Å²) in [6.07, 6.45) is 2.14. The minimum absolute atomic E-state index is 0.174. The smallest absolute Gasteiger partial charge is 0.243 e. The molecule has 1 aliphatic rings. The van der Waals surface area contributed by atoms with Crippen LogP contribution in [0.5, 0.6) is 0 Å². The molecule has 0 spiro atoms. The molecule has 0 atom stereocenters. The van der Waals surface area contributed by atoms with Gasteiger partial charge in [0, 0.05) is 18.8 Å². The van der Waals surface area contributed by atoms with Crippen LogP contribution in [-0.4, -0.2) is 38.0 Å². The Balaban J connectivity index is 1.93. The molecule has 4 N–H and O–H groups in total. The lowest BCUT2D eigenvalue weighted by molar-refractivity contribution is -0.123. The summed E-state index contributed by atoms with van der Waals surface area (Å²) >= 11 is 0. The Morgan fingerprint density at radius 1 is 1.24 bits per heavy atom. The summed E-state index contributed by atoms with van der Waals surface area (Å²) in [4.78, 5) is 24.5. The first-order valence-electron chi connectivity index (χ1n) is 6.91. The van der Waals surface area contributed by atoms with Crippen molar-refractivity contribution in [1.82, 2.24) is 5.32 Å². The number of halogens is 1. The third-order valence-electron chi connectivity index (χ3n) is 3.31. The van der Waals surface area contributed by atoms with Gasteiger partial charge in [-0.3, -0.25) is 9.59 Å². The molecule has 7 heteroatoms. The lowest BCUT2D eigenvalue weighted by Crippen LogP contribution is -2.36. The van der Waals surface area contributed by atoms with Crippen LogP contribution in [0.3, 0.4) is 0 Å². The van der Waals surface area contributed by atoms with Gasteiger partial charge in [-0.05, 0) is 31.0 Å². The van der Waals surface area contributed by atoms with E-state index < -0.39 is 11.8 Å². The molecule has 1 aliphatic heterocycles. The maximum atomic E-state index is 14.0. The molecular weight excluding hydrogens is 275 g/mol. The van der Waals surface area contributed by atoms with Gasteiger partial charge >= 0.3 is 0 Å². The van der Waals surface area contributed by atoms with Crippen molar-refractivity contribution >= 4 is 23.2 Å². The van der Waals surface area contributed by atoms with Gasteiger partial charge in [-0.1, -0.05) is 0 Å². The van der Waals surface area contributed by atoms with Gasteiger partial charge in [0.05, 0.1) is 18.8 Å². The molecule has 2 amide bonds. The predicted molar refractivity (Wildman–Crippen MR) is 78.5 cm³/mol. The summed E-state index contributed by atoms with van der Waals surface area (Å²) in [5.74, 6) is -1.20. The molecule has 1 saturated heterocycles. The van der Waals surface area contributed by atoms with E-state index in [2.05, 4.69) is 10.6 Å². The van der Waals surface area contributed by atoms with E-state index in [9.17, 15) is 14.0 Å². The maximum Gasteiger partial charge on any atom is 0.243 e. The highest BCUT2D eigenvalue weighted by Crippen LogP contribution is 2.25. The monoisotopic (exact) mass is 294 g/mol. The molecule has 1 heterocycles. The molecule has 0 bridgehead atoms. The van der Waals surface area contributed by atoms with Crippen molar-refractivity contribution in [2.45, 2.75) is 12.8 Å². The first kappa shape index (κ1) is 15.2. The first-order valence-corrected chi connectivity index (χ1v) is 6.91. The highest BCUT2D eigenvalue weighted by molar-refractivity contribution is 5.94. The summed E-state index contributed by atoms with van der Waals surface area (Å²) in [6.45, 7) is 1.35. The van der Waals surface area contributed by atoms with E-state index >= 15 is 0 Å². The quantitative estimate of drug-likeness (QED) is 0.735. The first-order chi connectivity index (χ1) is 10.1. The van der Waals surface area contributed by atoms with Crippen LogP contribution in [0.15, 0.2) is 18.2 Å². The topological polar surface area (TPSA) is 87.5 Å². The summed E-state index contributed by atoms with van der Waals surface area (Å²) in [7, 11) is 0. The highest BCUT2D eigenvalue weighted by Gasteiger charge is 2.16. The average molecular weight is 294 g/mol. The van der Waals surface area contributed by atoms with Gasteiger partial charge < -0.3 is 21.3 Å². The Hall–Kier alpha value is -2.15. The van der Waals surface area contributed by atoms with Gasteiger partial charge in [0.25, 0.3) is 0 Å². The van der Waals surface area contributed by atoms with Gasteiger partial charge in [0.2, 0.25) is 11.8 Å². The number of nitrogens with two attached hydrogens (primary N) is 1. The summed E-state index contributed by atoms with van der Waals surface area (Å²) in [6, 6.07) is 4.60. The van der Waals surface area contributed by atoms with Crippen LogP contribution in [0.25, 0.3) is 0 Å². The number of carbonyl (C=O) groups is 2. The van der Waals surface area contributed by atoms with Gasteiger partial charge in [0.1, 0.15) is 5.82 Å². The SMILES string of the molecule is NCC(=O)NCC(=O)Nc1ccc(N2CCCC2)c(F)c1. The number of amides is 2. The second-order valence-electron chi connectivity index (χ2n) is 4.89. The molecule has 1 fully saturated rings. The Morgan fingerprint density at radius 3 is 2.57 bits per heavy atom. The zero-order valence-electron chi connectivity index (χ0n) is 11.7. The van der Waals surface area contributed by atoms with Crippen molar-refractivity contribution in [3.63, 3.8) is 0 Å². The Bertz CT molecular complexity index is 530. The Morgan fingerprint density at radius 2 is 1.95 bits per heavy atom. The fraction of sp³-hybridized carbons (Fsp3) is 0.429. The minimum Gasteiger partial charge on any atom is -0.369 e. The molecule has 0 aromatic heterocycles. The highest BCUT2D eigenvalue weighted by atomic mass is 19.1. The lowest BCUT2D eigenvalue weighted by atomic mass is 10.2. The number of carbonyl (C=O) groups excluding carboxylic acids is 2. The number of nitrogens with zero attached hydrogens (tertiary/aromatic N) is 1. The second kappa shape index (κ2) is 7.03. The summed E-state index contributed by atoms with van der Waals surface area (Å²) < 4.78 is 14.0. The fourth-order valence-corrected chi connectivity index (χ4v) is 2.26. The second-order valence-corrected chi connectivity index (χ2v) is 4.89. The summed E-state index contributed by atoms with van der Waals surface area (Å²) in [5.41, 5.74) is 6.03. The van der Waals surface area contributed by atoms with E-state index in [0.717, 1.165) is 25.9 Å². The van der Waals surface area contributed by atoms with Gasteiger partial charge in [0.15, 0.2) is 0 Å². The summed E-state index contributed by atoms with van der Waals surface area (Å²) in [5, 5.41) is 4.87. The third-order valence-corrected chi connectivity index (χ3v) is 3.31. The molecule has 0 radical (unpaired) electrons. The maximum absolute atomic E-state index is 14.0. The molecule has 0 aliphatic carbocycles. The van der Waals surface area contributed by atoms with Crippen molar-refractivity contribution in [1.29, 1.82) is 0 Å². The van der Waals surface area contributed by atoms with E-state index in [-0.39, 0.29) is 18.9 Å². The van der Waals surface area contributed by atoms with E-state index in [1.807, 2.05) is 4.90 Å². The van der Waals surface area contributed by atoms with Crippen molar-refractivity contribution in [2.75, 3.05) is 36.4 Å². The Labute approximate surface area is 122 Å². The van der Waals surface area contributed by atoms with Gasteiger partial charge in [-0.15, -0.1) is 0 Å². The Kier molecular flexibility index (Phi) is 5.10. The molecule has 2 rings (SSSR count). The standard InChI is InChI=1S/C14H19FN4O2/c15-11-7-10(18-14(21)9-17-13(20)8-16)3-4-12(11)19-5-1-2-6-19/h3-4,7H,1-2,5-6,8-9,16H2,(H,17,20)(H,18,21). The molecule has 114 valence electrons. The van der Waals surface area contributed by atoms with Crippen molar-refractivity contribution in [3.05, 3.63) is 24.0 Å². The van der Waals surface area contributed by atoms with Crippen LogP contribution >= 0.6 is 0 Å². The van der Waals surface area contributed by atoms with Crippen LogP contribution in [0, 0.1) is 5.82 Å². The average Bonchev–Trinajstić information content (AvgIpc) is 2.98. The minimum atomic E-state index is -0.426. The number of nitrogens with one attached hydrogen (secondary N) is 2. The molecule has 0 saturated carbocycles. The normalized spacial score (nSPS) is 14.1. The van der Waals surface area contributed by atoms with E-state index in [1.165, 1.54) is 6.07 Å². The van der Waals surface area contributed by atoms with Crippen LogP contribution in [-0.2, 0) is 9.59 Å². The molecule has 6 nitrogen and oxygen atoms in total. The number of hydrogen-bond acceptors (Lipinski definition) is 4. The fourth-order valence-electron chi connectivity index (χ4n) is 2.26. The van der Waals surface area contributed by atoms with Crippen molar-refractivity contribution in [2.24, 2.45) is 5.73 Å². The van der Waals surface area contributed by atoms with Crippen molar-refractivity contribution in [3.8, 4) is 0 Å². The van der Waals surface area contributed by atoms with E-state index in [0.29, 0.717) is 11.4 Å². The van der Waals surface area contributed by atoms with E-state index in [1.54, 1.807) is 12.1 Å². The predicted octanol–water partition coefficient (Wildman–Crippen LogP) is 0.439. The molecular formula is C14H19FN4O2. The molecule has 21 heavy (non-hydrogen) atoms. The van der Waals surface area contributed by atoms with Gasteiger partial charge in [-0.2, -0.15) is 0 Å². The molecule has 0 unspecified atom stereocenters. The zero-order valence-corrected chi connectivity index (χ0v) is 11.7. The van der Waals surface area contributed by atoms with Crippen molar-refractivity contribution < 1.29 is 14.0 Å². The number of rotatable bonds is 5. The lowest BCUT2D eigenvalue weighted by Gasteiger charge is -2.18. The number of benzene rings is 1. The van der Waals surface area contributed by atoms with E-state index in [4.69, 9.17) is 5.73 Å². The molecule has 1 aromatic rings.